The molecule has 4 rings (SSSR count). The van der Waals surface area contributed by atoms with Crippen LogP contribution in [0.2, 0.25) is 0 Å². The van der Waals surface area contributed by atoms with Crippen LogP contribution in [0.25, 0.3) is 11.7 Å². The first-order chi connectivity index (χ1) is 12.7. The molecule has 7 nitrogen and oxygen atoms in total. The Bertz CT molecular complexity index is 863. The van der Waals surface area contributed by atoms with Gasteiger partial charge < -0.3 is 13.7 Å². The van der Waals surface area contributed by atoms with E-state index in [1.807, 2.05) is 24.3 Å². The van der Waals surface area contributed by atoms with Gasteiger partial charge in [-0.05, 0) is 43.3 Å². The quantitative estimate of drug-likeness (QED) is 0.654. The minimum atomic E-state index is 0.0924. The number of benzene rings is 1. The van der Waals surface area contributed by atoms with E-state index in [0.29, 0.717) is 24.1 Å². The molecule has 0 spiro atoms. The maximum absolute atomic E-state index is 11.4. The number of piperazine rings is 1. The number of anilines is 1. The molecule has 0 unspecified atom stereocenters. The van der Waals surface area contributed by atoms with Gasteiger partial charge in [0.2, 0.25) is 5.89 Å². The molecule has 1 fully saturated rings. The van der Waals surface area contributed by atoms with Crippen molar-refractivity contribution in [2.24, 2.45) is 0 Å². The zero-order valence-corrected chi connectivity index (χ0v) is 14.6. The summed E-state index contributed by atoms with van der Waals surface area (Å²) in [6, 6.07) is 11.4. The average molecular weight is 352 g/mol. The number of hydrogen-bond donors (Lipinski definition) is 0. The molecular formula is C19H20N4O3. The lowest BCUT2D eigenvalue weighted by molar-refractivity contribution is 0.101. The maximum atomic E-state index is 11.4. The molecule has 0 saturated carbocycles. The van der Waals surface area contributed by atoms with Gasteiger partial charge >= 0.3 is 0 Å². The van der Waals surface area contributed by atoms with E-state index in [4.69, 9.17) is 8.83 Å². The Balaban J connectivity index is 1.33. The third-order valence-electron chi connectivity index (χ3n) is 4.57. The monoisotopic (exact) mass is 352 g/mol. The van der Waals surface area contributed by atoms with E-state index in [1.165, 1.54) is 0 Å². The standard InChI is InChI=1S/C19H20N4O3/c1-14(24)15-4-6-16(7-5-15)23-10-8-22(9-11-23)13-18-20-21-19(26-18)17-3-2-12-25-17/h2-7,12H,8-11,13H2,1H3. The summed E-state index contributed by atoms with van der Waals surface area (Å²) in [4.78, 5) is 16.0. The van der Waals surface area contributed by atoms with Gasteiger partial charge in [0.1, 0.15) is 0 Å². The lowest BCUT2D eigenvalue weighted by atomic mass is 10.1. The van der Waals surface area contributed by atoms with Gasteiger partial charge in [-0.15, -0.1) is 10.2 Å². The summed E-state index contributed by atoms with van der Waals surface area (Å²) >= 11 is 0. The first-order valence-electron chi connectivity index (χ1n) is 8.63. The van der Waals surface area contributed by atoms with E-state index in [0.717, 1.165) is 37.4 Å². The normalized spacial score (nSPS) is 15.3. The van der Waals surface area contributed by atoms with Gasteiger partial charge in [-0.3, -0.25) is 9.69 Å². The number of Topliss-reactive ketones (excluding diaryl/α,β-unsaturated/α-hetero) is 1. The topological polar surface area (TPSA) is 75.6 Å². The molecule has 0 radical (unpaired) electrons. The Hall–Kier alpha value is -2.93. The molecule has 0 N–H and O–H groups in total. The summed E-state index contributed by atoms with van der Waals surface area (Å²) in [7, 11) is 0. The van der Waals surface area contributed by atoms with Crippen molar-refractivity contribution in [2.75, 3.05) is 31.1 Å². The van der Waals surface area contributed by atoms with Gasteiger partial charge in [0.05, 0.1) is 12.8 Å². The molecule has 2 aromatic heterocycles. The molecular weight excluding hydrogens is 332 g/mol. The number of ketones is 1. The summed E-state index contributed by atoms with van der Waals surface area (Å²) < 4.78 is 10.9. The number of rotatable bonds is 5. The minimum absolute atomic E-state index is 0.0924. The second-order valence-corrected chi connectivity index (χ2v) is 6.34. The first kappa shape index (κ1) is 16.5. The van der Waals surface area contributed by atoms with Gasteiger partial charge in [0.15, 0.2) is 11.5 Å². The molecule has 0 bridgehead atoms. The Labute approximate surface area is 151 Å². The highest BCUT2D eigenvalue weighted by Gasteiger charge is 2.20. The second kappa shape index (κ2) is 7.13. The lowest BCUT2D eigenvalue weighted by Gasteiger charge is -2.35. The largest absolute Gasteiger partial charge is 0.459 e. The van der Waals surface area contributed by atoms with Crippen LogP contribution in [-0.4, -0.2) is 47.1 Å². The van der Waals surface area contributed by atoms with Crippen LogP contribution in [-0.2, 0) is 6.54 Å². The molecule has 134 valence electrons. The Morgan fingerprint density at radius 1 is 1.08 bits per heavy atom. The minimum Gasteiger partial charge on any atom is -0.459 e. The molecule has 1 aliphatic rings. The van der Waals surface area contributed by atoms with Gasteiger partial charge in [-0.2, -0.15) is 0 Å². The van der Waals surface area contributed by atoms with Crippen molar-refractivity contribution in [2.45, 2.75) is 13.5 Å². The van der Waals surface area contributed by atoms with Crippen molar-refractivity contribution in [3.8, 4) is 11.7 Å². The van der Waals surface area contributed by atoms with Crippen LogP contribution in [0.3, 0.4) is 0 Å². The number of hydrogen-bond acceptors (Lipinski definition) is 7. The third-order valence-corrected chi connectivity index (χ3v) is 4.57. The SMILES string of the molecule is CC(=O)c1ccc(N2CCN(Cc3nnc(-c4ccco4)o3)CC2)cc1. The van der Waals surface area contributed by atoms with Gasteiger partial charge in [-0.1, -0.05) is 0 Å². The fraction of sp³-hybridized carbons (Fsp3) is 0.316. The number of furan rings is 1. The highest BCUT2D eigenvalue weighted by atomic mass is 16.4. The lowest BCUT2D eigenvalue weighted by Crippen LogP contribution is -2.46. The van der Waals surface area contributed by atoms with Crippen molar-refractivity contribution >= 4 is 11.5 Å². The van der Waals surface area contributed by atoms with Gasteiger partial charge in [0.25, 0.3) is 5.89 Å². The molecule has 3 heterocycles. The molecule has 7 heteroatoms. The van der Waals surface area contributed by atoms with Crippen molar-refractivity contribution < 1.29 is 13.6 Å². The predicted octanol–water partition coefficient (Wildman–Crippen LogP) is 2.85. The molecule has 0 aliphatic carbocycles. The Kier molecular flexibility index (Phi) is 4.53. The molecule has 0 atom stereocenters. The molecule has 26 heavy (non-hydrogen) atoms. The smallest absolute Gasteiger partial charge is 0.283 e. The fourth-order valence-corrected chi connectivity index (χ4v) is 3.08. The highest BCUT2D eigenvalue weighted by Crippen LogP contribution is 2.20. The fourth-order valence-electron chi connectivity index (χ4n) is 3.08. The van der Waals surface area contributed by atoms with Crippen molar-refractivity contribution in [3.63, 3.8) is 0 Å². The second-order valence-electron chi connectivity index (χ2n) is 6.34. The van der Waals surface area contributed by atoms with Crippen molar-refractivity contribution in [1.29, 1.82) is 0 Å². The van der Waals surface area contributed by atoms with E-state index in [-0.39, 0.29) is 5.78 Å². The first-order valence-corrected chi connectivity index (χ1v) is 8.63. The summed E-state index contributed by atoms with van der Waals surface area (Å²) in [6.45, 7) is 5.87. The zero-order chi connectivity index (χ0) is 17.9. The Morgan fingerprint density at radius 2 is 1.85 bits per heavy atom. The molecule has 0 amide bonds. The van der Waals surface area contributed by atoms with E-state index in [1.54, 1.807) is 25.3 Å². The van der Waals surface area contributed by atoms with Crippen LogP contribution < -0.4 is 4.90 Å². The summed E-state index contributed by atoms with van der Waals surface area (Å²) in [6.07, 6.45) is 1.58. The van der Waals surface area contributed by atoms with Crippen LogP contribution in [0, 0.1) is 0 Å². The average Bonchev–Trinajstić information content (AvgIpc) is 3.34. The summed E-state index contributed by atoms with van der Waals surface area (Å²) in [5, 5.41) is 8.14. The van der Waals surface area contributed by atoms with Crippen molar-refractivity contribution in [1.82, 2.24) is 15.1 Å². The van der Waals surface area contributed by atoms with Gasteiger partial charge in [0, 0.05) is 37.4 Å². The van der Waals surface area contributed by atoms with E-state index in [9.17, 15) is 4.79 Å². The molecule has 1 aliphatic heterocycles. The van der Waals surface area contributed by atoms with Gasteiger partial charge in [-0.25, -0.2) is 0 Å². The highest BCUT2D eigenvalue weighted by molar-refractivity contribution is 5.94. The third kappa shape index (κ3) is 3.52. The number of carbonyl (C=O) groups is 1. The van der Waals surface area contributed by atoms with Crippen LogP contribution >= 0.6 is 0 Å². The molecule has 3 aromatic rings. The number of carbonyl (C=O) groups excluding carboxylic acids is 1. The van der Waals surface area contributed by atoms with Crippen LogP contribution in [0.1, 0.15) is 23.2 Å². The molecule has 1 saturated heterocycles. The number of aromatic nitrogens is 2. The molecule has 1 aromatic carbocycles. The zero-order valence-electron chi connectivity index (χ0n) is 14.6. The Morgan fingerprint density at radius 3 is 2.50 bits per heavy atom. The van der Waals surface area contributed by atoms with E-state index in [2.05, 4.69) is 20.0 Å². The summed E-state index contributed by atoms with van der Waals surface area (Å²) in [5.41, 5.74) is 1.89. The van der Waals surface area contributed by atoms with E-state index >= 15 is 0 Å². The van der Waals surface area contributed by atoms with Crippen molar-refractivity contribution in [3.05, 3.63) is 54.1 Å². The van der Waals surface area contributed by atoms with Crippen LogP contribution in [0.4, 0.5) is 5.69 Å². The van der Waals surface area contributed by atoms with Crippen LogP contribution in [0.15, 0.2) is 51.5 Å². The summed E-state index contributed by atoms with van der Waals surface area (Å²) in [5.74, 6) is 1.68. The van der Waals surface area contributed by atoms with Crippen LogP contribution in [0.5, 0.6) is 0 Å². The number of nitrogens with zero attached hydrogens (tertiary/aromatic N) is 4. The predicted molar refractivity (Wildman–Crippen MR) is 95.9 cm³/mol. The van der Waals surface area contributed by atoms with E-state index < -0.39 is 0 Å². The maximum Gasteiger partial charge on any atom is 0.283 e.